The Bertz CT molecular complexity index is 1220. The number of amides is 2. The van der Waals surface area contributed by atoms with E-state index in [1.807, 2.05) is 30.3 Å². The monoisotopic (exact) mass is 461 g/mol. The van der Waals surface area contributed by atoms with Gasteiger partial charge in [-0.1, -0.05) is 42.5 Å². The van der Waals surface area contributed by atoms with Crippen LogP contribution in [0.1, 0.15) is 21.5 Å². The van der Waals surface area contributed by atoms with E-state index in [2.05, 4.69) is 10.6 Å². The van der Waals surface area contributed by atoms with Gasteiger partial charge in [-0.3, -0.25) is 24.5 Å². The number of carbonyl (C=O) groups excluding carboxylic acids is 3. The zero-order valence-electron chi connectivity index (χ0n) is 18.7. The van der Waals surface area contributed by atoms with E-state index < -0.39 is 35.9 Å². The average molecular weight is 461 g/mol. The summed E-state index contributed by atoms with van der Waals surface area (Å²) >= 11 is 0. The highest BCUT2D eigenvalue weighted by Gasteiger charge is 2.18. The lowest BCUT2D eigenvalue weighted by Gasteiger charge is -2.10. The number of nitro benzene ring substituents is 1. The van der Waals surface area contributed by atoms with Gasteiger partial charge >= 0.3 is 5.97 Å². The molecule has 0 fully saturated rings. The molecule has 0 bridgehead atoms. The molecule has 2 N–H and O–H groups in total. The summed E-state index contributed by atoms with van der Waals surface area (Å²) in [7, 11) is 0. The number of ether oxygens (including phenoxy) is 1. The van der Waals surface area contributed by atoms with Crippen molar-refractivity contribution < 1.29 is 24.0 Å². The van der Waals surface area contributed by atoms with Gasteiger partial charge in [-0.25, -0.2) is 0 Å². The molecule has 0 aromatic heterocycles. The van der Waals surface area contributed by atoms with Crippen molar-refractivity contribution in [3.05, 3.63) is 93.5 Å². The zero-order chi connectivity index (χ0) is 24.7. The van der Waals surface area contributed by atoms with Crippen LogP contribution in [0.25, 0.3) is 11.1 Å². The first-order valence-electron chi connectivity index (χ1n) is 10.4. The maximum atomic E-state index is 12.3. The lowest BCUT2D eigenvalue weighted by atomic mass is 10.0. The van der Waals surface area contributed by atoms with Gasteiger partial charge in [0.25, 0.3) is 17.5 Å². The predicted molar refractivity (Wildman–Crippen MR) is 126 cm³/mol. The molecule has 0 saturated heterocycles. The number of hydrogen-bond acceptors (Lipinski definition) is 6. The van der Waals surface area contributed by atoms with Crippen molar-refractivity contribution in [3.63, 3.8) is 0 Å². The van der Waals surface area contributed by atoms with Gasteiger partial charge in [0.2, 0.25) is 0 Å². The van der Waals surface area contributed by atoms with E-state index in [-0.39, 0.29) is 11.4 Å². The van der Waals surface area contributed by atoms with Crippen molar-refractivity contribution in [2.45, 2.75) is 13.8 Å². The molecule has 3 aromatic carbocycles. The SMILES string of the molecule is Cc1cc(NC(=O)COC(=O)CNC(=O)c2ccc(-c3ccccc3)cc2)c([N+](=O)[O-])cc1C. The van der Waals surface area contributed by atoms with Gasteiger partial charge in [0.15, 0.2) is 6.61 Å². The minimum Gasteiger partial charge on any atom is -0.454 e. The van der Waals surface area contributed by atoms with Gasteiger partial charge in [0.1, 0.15) is 12.2 Å². The normalized spacial score (nSPS) is 10.3. The molecule has 0 radical (unpaired) electrons. The van der Waals surface area contributed by atoms with E-state index in [1.165, 1.54) is 12.1 Å². The zero-order valence-corrected chi connectivity index (χ0v) is 18.7. The van der Waals surface area contributed by atoms with Crippen LogP contribution < -0.4 is 10.6 Å². The van der Waals surface area contributed by atoms with Crippen LogP contribution in [0.5, 0.6) is 0 Å². The summed E-state index contributed by atoms with van der Waals surface area (Å²) in [5.41, 5.74) is 3.56. The number of carbonyl (C=O) groups is 3. The third kappa shape index (κ3) is 6.26. The molecule has 3 rings (SSSR count). The highest BCUT2D eigenvalue weighted by atomic mass is 16.6. The number of aryl methyl sites for hydroxylation is 2. The van der Waals surface area contributed by atoms with Gasteiger partial charge in [-0.15, -0.1) is 0 Å². The molecular weight excluding hydrogens is 438 g/mol. The third-order valence-electron chi connectivity index (χ3n) is 5.09. The minimum atomic E-state index is -0.820. The number of benzene rings is 3. The molecule has 0 spiro atoms. The number of nitrogens with one attached hydrogen (secondary N) is 2. The smallest absolute Gasteiger partial charge is 0.325 e. The number of hydrogen-bond donors (Lipinski definition) is 2. The van der Waals surface area contributed by atoms with Gasteiger partial charge in [0.05, 0.1) is 4.92 Å². The summed E-state index contributed by atoms with van der Waals surface area (Å²) in [5.74, 6) is -2.02. The fraction of sp³-hybridized carbons (Fsp3) is 0.160. The standard InChI is InChI=1S/C25H23N3O6/c1-16-12-21(22(28(32)33)13-17(16)2)27-23(29)15-34-24(30)14-26-25(31)20-10-8-19(9-11-20)18-6-4-3-5-7-18/h3-13H,14-15H2,1-2H3,(H,26,31)(H,27,29). The summed E-state index contributed by atoms with van der Waals surface area (Å²) < 4.78 is 4.86. The number of rotatable bonds is 8. The van der Waals surface area contributed by atoms with E-state index in [1.54, 1.807) is 38.1 Å². The van der Waals surface area contributed by atoms with Crippen molar-refractivity contribution in [2.75, 3.05) is 18.5 Å². The van der Waals surface area contributed by atoms with Crippen LogP contribution in [0.3, 0.4) is 0 Å². The van der Waals surface area contributed by atoms with Crippen LogP contribution in [0.2, 0.25) is 0 Å². The fourth-order valence-electron chi connectivity index (χ4n) is 3.13. The second-order valence-electron chi connectivity index (χ2n) is 7.55. The van der Waals surface area contributed by atoms with E-state index in [4.69, 9.17) is 4.74 Å². The molecule has 2 amide bonds. The summed E-state index contributed by atoms with van der Waals surface area (Å²) in [4.78, 5) is 46.9. The van der Waals surface area contributed by atoms with E-state index in [0.29, 0.717) is 11.1 Å². The van der Waals surface area contributed by atoms with Crippen molar-refractivity contribution in [1.29, 1.82) is 0 Å². The van der Waals surface area contributed by atoms with Crippen LogP contribution in [0.4, 0.5) is 11.4 Å². The molecule has 3 aromatic rings. The molecule has 34 heavy (non-hydrogen) atoms. The fourth-order valence-corrected chi connectivity index (χ4v) is 3.13. The Kier molecular flexibility index (Phi) is 7.71. The first kappa shape index (κ1) is 24.1. The molecule has 0 aliphatic heterocycles. The molecule has 0 aliphatic carbocycles. The van der Waals surface area contributed by atoms with Crippen molar-refractivity contribution in [2.24, 2.45) is 0 Å². The van der Waals surface area contributed by atoms with Gasteiger partial charge in [0, 0.05) is 11.6 Å². The first-order valence-corrected chi connectivity index (χ1v) is 10.4. The minimum absolute atomic E-state index is 0.0152. The van der Waals surface area contributed by atoms with Crippen molar-refractivity contribution >= 4 is 29.2 Å². The summed E-state index contributed by atoms with van der Waals surface area (Å²) in [6.07, 6.45) is 0. The third-order valence-corrected chi connectivity index (χ3v) is 5.09. The largest absolute Gasteiger partial charge is 0.454 e. The first-order chi connectivity index (χ1) is 16.2. The Morgan fingerprint density at radius 1 is 0.912 bits per heavy atom. The van der Waals surface area contributed by atoms with E-state index in [9.17, 15) is 24.5 Å². The second-order valence-corrected chi connectivity index (χ2v) is 7.55. The molecule has 9 nitrogen and oxygen atoms in total. The second kappa shape index (κ2) is 10.9. The van der Waals surface area contributed by atoms with E-state index in [0.717, 1.165) is 16.7 Å². The van der Waals surface area contributed by atoms with Crippen molar-refractivity contribution in [1.82, 2.24) is 5.32 Å². The predicted octanol–water partition coefficient (Wildman–Crippen LogP) is 3.79. The number of esters is 1. The lowest BCUT2D eigenvalue weighted by Crippen LogP contribution is -2.32. The highest BCUT2D eigenvalue weighted by molar-refractivity contribution is 5.97. The van der Waals surface area contributed by atoms with Crippen LogP contribution >= 0.6 is 0 Å². The molecule has 0 unspecified atom stereocenters. The number of anilines is 1. The lowest BCUT2D eigenvalue weighted by molar-refractivity contribution is -0.384. The number of nitrogens with zero attached hydrogens (tertiary/aromatic N) is 1. The van der Waals surface area contributed by atoms with Crippen LogP contribution in [0.15, 0.2) is 66.7 Å². The summed E-state index contributed by atoms with van der Waals surface area (Å²) in [6.45, 7) is 2.40. The Hall–Kier alpha value is -4.53. The Morgan fingerprint density at radius 2 is 1.53 bits per heavy atom. The number of nitro groups is 1. The quantitative estimate of drug-likeness (QED) is 0.298. The Morgan fingerprint density at radius 3 is 2.18 bits per heavy atom. The summed E-state index contributed by atoms with van der Waals surface area (Å²) in [5, 5.41) is 16.0. The molecule has 174 valence electrons. The van der Waals surface area contributed by atoms with E-state index >= 15 is 0 Å². The Labute approximate surface area is 195 Å². The Balaban J connectivity index is 1.48. The average Bonchev–Trinajstić information content (AvgIpc) is 2.83. The molecule has 0 atom stereocenters. The van der Waals surface area contributed by atoms with Gasteiger partial charge < -0.3 is 15.4 Å². The van der Waals surface area contributed by atoms with Crippen LogP contribution in [0, 0.1) is 24.0 Å². The maximum Gasteiger partial charge on any atom is 0.325 e. The molecule has 9 heteroatoms. The van der Waals surface area contributed by atoms with Crippen LogP contribution in [-0.4, -0.2) is 35.9 Å². The van der Waals surface area contributed by atoms with Crippen LogP contribution in [-0.2, 0) is 14.3 Å². The maximum absolute atomic E-state index is 12.3. The molecule has 0 heterocycles. The molecule has 0 saturated carbocycles. The van der Waals surface area contributed by atoms with Gasteiger partial charge in [-0.05, 0) is 54.3 Å². The topological polar surface area (TPSA) is 128 Å². The van der Waals surface area contributed by atoms with Gasteiger partial charge in [-0.2, -0.15) is 0 Å². The molecule has 0 aliphatic rings. The molecular formula is C25H23N3O6. The highest BCUT2D eigenvalue weighted by Crippen LogP contribution is 2.27. The van der Waals surface area contributed by atoms with Crippen molar-refractivity contribution in [3.8, 4) is 11.1 Å². The summed E-state index contributed by atoms with van der Waals surface area (Å²) in [6, 6.07) is 19.4.